The molecule has 0 bridgehead atoms. The Labute approximate surface area is 140 Å². The van der Waals surface area contributed by atoms with Crippen LogP contribution in [-0.2, 0) is 11.2 Å². The maximum absolute atomic E-state index is 12.7. The van der Waals surface area contributed by atoms with Crippen molar-refractivity contribution in [3.05, 3.63) is 46.2 Å². The number of benzene rings is 1. The fraction of sp³-hybridized carbons (Fsp3) is 0.389. The Hall–Kier alpha value is -2.01. The van der Waals surface area contributed by atoms with Gasteiger partial charge in [0.05, 0.1) is 26.7 Å². The summed E-state index contributed by atoms with van der Waals surface area (Å²) < 4.78 is 10.6. The number of ether oxygens (including phenoxy) is 2. The predicted octanol–water partition coefficient (Wildman–Crippen LogP) is 3.67. The predicted molar refractivity (Wildman–Crippen MR) is 91.3 cm³/mol. The van der Waals surface area contributed by atoms with E-state index in [1.54, 1.807) is 25.6 Å². The number of methoxy groups -OCH3 is 2. The van der Waals surface area contributed by atoms with Gasteiger partial charge in [-0.15, -0.1) is 0 Å². The minimum Gasteiger partial charge on any atom is -0.493 e. The monoisotopic (exact) mass is 331 g/mol. The van der Waals surface area contributed by atoms with Gasteiger partial charge >= 0.3 is 0 Å². The molecule has 0 N–H and O–H groups in total. The van der Waals surface area contributed by atoms with Gasteiger partial charge in [-0.3, -0.25) is 4.79 Å². The van der Waals surface area contributed by atoms with Gasteiger partial charge in [0.2, 0.25) is 5.91 Å². The molecule has 0 aliphatic carbocycles. The summed E-state index contributed by atoms with van der Waals surface area (Å²) in [5.74, 6) is 1.51. The van der Waals surface area contributed by atoms with E-state index in [2.05, 4.69) is 16.8 Å². The molecule has 0 spiro atoms. The Morgan fingerprint density at radius 3 is 2.78 bits per heavy atom. The fourth-order valence-corrected chi connectivity index (χ4v) is 3.85. The highest BCUT2D eigenvalue weighted by molar-refractivity contribution is 7.07. The van der Waals surface area contributed by atoms with Gasteiger partial charge in [-0.2, -0.15) is 11.3 Å². The number of rotatable bonds is 5. The Kier molecular flexibility index (Phi) is 4.86. The van der Waals surface area contributed by atoms with Crippen LogP contribution in [0.15, 0.2) is 35.0 Å². The zero-order valence-electron chi connectivity index (χ0n) is 13.5. The van der Waals surface area contributed by atoms with Gasteiger partial charge in [0.1, 0.15) is 0 Å². The molecule has 3 rings (SSSR count). The Bertz CT molecular complexity index is 669. The van der Waals surface area contributed by atoms with Gasteiger partial charge in [-0.25, -0.2) is 0 Å². The number of hydrogen-bond acceptors (Lipinski definition) is 4. The Morgan fingerprint density at radius 1 is 1.26 bits per heavy atom. The van der Waals surface area contributed by atoms with Crippen molar-refractivity contribution in [3.63, 3.8) is 0 Å². The second-order valence-electron chi connectivity index (χ2n) is 5.67. The van der Waals surface area contributed by atoms with E-state index in [1.807, 2.05) is 23.1 Å². The van der Waals surface area contributed by atoms with Gasteiger partial charge in [-0.1, -0.05) is 6.07 Å². The third-order valence-electron chi connectivity index (χ3n) is 4.30. The van der Waals surface area contributed by atoms with Crippen LogP contribution in [0.4, 0.5) is 0 Å². The molecule has 1 fully saturated rings. The molecule has 1 amide bonds. The first-order valence-corrected chi connectivity index (χ1v) is 8.69. The molecule has 2 heterocycles. The smallest absolute Gasteiger partial charge is 0.227 e. The lowest BCUT2D eigenvalue weighted by Gasteiger charge is -2.24. The van der Waals surface area contributed by atoms with Crippen molar-refractivity contribution in [2.75, 3.05) is 20.8 Å². The maximum atomic E-state index is 12.7. The number of amides is 1. The van der Waals surface area contributed by atoms with Crippen LogP contribution >= 0.6 is 11.3 Å². The quantitative estimate of drug-likeness (QED) is 0.839. The average Bonchev–Trinajstić information content (AvgIpc) is 3.25. The van der Waals surface area contributed by atoms with Crippen LogP contribution in [-0.4, -0.2) is 31.6 Å². The van der Waals surface area contributed by atoms with E-state index in [0.29, 0.717) is 17.9 Å². The van der Waals surface area contributed by atoms with Gasteiger partial charge in [0.25, 0.3) is 0 Å². The third-order valence-corrected chi connectivity index (χ3v) is 5.01. The van der Waals surface area contributed by atoms with E-state index in [1.165, 1.54) is 5.56 Å². The summed E-state index contributed by atoms with van der Waals surface area (Å²) in [5, 5.41) is 4.22. The van der Waals surface area contributed by atoms with Crippen molar-refractivity contribution >= 4 is 17.2 Å². The molecule has 1 aliphatic heterocycles. The highest BCUT2D eigenvalue weighted by Gasteiger charge is 2.30. The minimum absolute atomic E-state index is 0.172. The first kappa shape index (κ1) is 15.9. The number of nitrogens with zero attached hydrogens (tertiary/aromatic N) is 1. The molecule has 1 saturated heterocycles. The van der Waals surface area contributed by atoms with Gasteiger partial charge in [0, 0.05) is 6.54 Å². The van der Waals surface area contributed by atoms with E-state index >= 15 is 0 Å². The largest absolute Gasteiger partial charge is 0.493 e. The molecule has 4 nitrogen and oxygen atoms in total. The molecule has 2 aromatic rings. The third kappa shape index (κ3) is 3.34. The molecule has 23 heavy (non-hydrogen) atoms. The first-order valence-electron chi connectivity index (χ1n) is 7.75. The molecule has 1 atom stereocenters. The lowest BCUT2D eigenvalue weighted by Crippen LogP contribution is -2.31. The maximum Gasteiger partial charge on any atom is 0.227 e. The SMILES string of the molecule is COc1ccc(CC(=O)N2CCC[C@H]2c2ccsc2)cc1OC. The number of thiophene rings is 1. The van der Waals surface area contributed by atoms with Gasteiger partial charge in [0.15, 0.2) is 11.5 Å². The van der Waals surface area contributed by atoms with Crippen LogP contribution in [0.5, 0.6) is 11.5 Å². The average molecular weight is 331 g/mol. The molecule has 1 aliphatic rings. The second kappa shape index (κ2) is 7.04. The molecule has 0 saturated carbocycles. The number of likely N-dealkylation sites (tertiary alicyclic amines) is 1. The molecular weight excluding hydrogens is 310 g/mol. The molecule has 1 aromatic heterocycles. The van der Waals surface area contributed by atoms with E-state index in [9.17, 15) is 4.79 Å². The lowest BCUT2D eigenvalue weighted by atomic mass is 10.1. The summed E-state index contributed by atoms with van der Waals surface area (Å²) in [6.07, 6.45) is 2.51. The lowest BCUT2D eigenvalue weighted by molar-refractivity contribution is -0.131. The topological polar surface area (TPSA) is 38.8 Å². The molecule has 0 radical (unpaired) electrons. The summed E-state index contributed by atoms with van der Waals surface area (Å²) in [5.41, 5.74) is 2.21. The van der Waals surface area contributed by atoms with Gasteiger partial charge < -0.3 is 14.4 Å². The number of hydrogen-bond donors (Lipinski definition) is 0. The minimum atomic E-state index is 0.172. The van der Waals surface area contributed by atoms with Crippen LogP contribution in [0.25, 0.3) is 0 Å². The van der Waals surface area contributed by atoms with Crippen molar-refractivity contribution in [3.8, 4) is 11.5 Å². The van der Waals surface area contributed by atoms with Crippen molar-refractivity contribution in [1.29, 1.82) is 0 Å². The highest BCUT2D eigenvalue weighted by atomic mass is 32.1. The van der Waals surface area contributed by atoms with Gasteiger partial charge in [-0.05, 0) is 52.9 Å². The summed E-state index contributed by atoms with van der Waals surface area (Å²) in [7, 11) is 3.22. The van der Waals surface area contributed by atoms with Crippen molar-refractivity contribution in [2.24, 2.45) is 0 Å². The molecule has 1 aromatic carbocycles. The number of carbonyl (C=O) groups is 1. The first-order chi connectivity index (χ1) is 11.2. The molecule has 5 heteroatoms. The Balaban J connectivity index is 1.74. The summed E-state index contributed by atoms with van der Waals surface area (Å²) in [4.78, 5) is 14.7. The van der Waals surface area contributed by atoms with Crippen molar-refractivity contribution < 1.29 is 14.3 Å². The van der Waals surface area contributed by atoms with E-state index in [4.69, 9.17) is 9.47 Å². The van der Waals surface area contributed by atoms with Crippen molar-refractivity contribution in [2.45, 2.75) is 25.3 Å². The van der Waals surface area contributed by atoms with E-state index < -0.39 is 0 Å². The van der Waals surface area contributed by atoms with Crippen LogP contribution < -0.4 is 9.47 Å². The zero-order chi connectivity index (χ0) is 16.2. The van der Waals surface area contributed by atoms with Crippen LogP contribution in [0.2, 0.25) is 0 Å². The van der Waals surface area contributed by atoms with E-state index in [-0.39, 0.29) is 11.9 Å². The standard InChI is InChI=1S/C18H21NO3S/c1-21-16-6-5-13(10-17(16)22-2)11-18(20)19-8-3-4-15(19)14-7-9-23-12-14/h5-7,9-10,12,15H,3-4,8,11H2,1-2H3/t15-/m0/s1. The van der Waals surface area contributed by atoms with Crippen LogP contribution in [0, 0.1) is 0 Å². The molecular formula is C18H21NO3S. The number of carbonyl (C=O) groups excluding carboxylic acids is 1. The Morgan fingerprint density at radius 2 is 2.09 bits per heavy atom. The van der Waals surface area contributed by atoms with E-state index in [0.717, 1.165) is 24.9 Å². The summed E-state index contributed by atoms with van der Waals surface area (Å²) in [6.45, 7) is 0.840. The fourth-order valence-electron chi connectivity index (χ4n) is 3.14. The zero-order valence-corrected chi connectivity index (χ0v) is 14.3. The summed E-state index contributed by atoms with van der Waals surface area (Å²) >= 11 is 1.68. The normalized spacial score (nSPS) is 17.3. The highest BCUT2D eigenvalue weighted by Crippen LogP contribution is 2.34. The second-order valence-corrected chi connectivity index (χ2v) is 6.45. The van der Waals surface area contributed by atoms with Crippen LogP contribution in [0.1, 0.15) is 30.0 Å². The van der Waals surface area contributed by atoms with Crippen molar-refractivity contribution in [1.82, 2.24) is 4.90 Å². The summed E-state index contributed by atoms with van der Waals surface area (Å²) in [6, 6.07) is 8.01. The molecule has 0 unspecified atom stereocenters. The van der Waals surface area contributed by atoms with Crippen LogP contribution in [0.3, 0.4) is 0 Å². The molecule has 122 valence electrons.